The van der Waals surface area contributed by atoms with E-state index in [4.69, 9.17) is 5.11 Å². The minimum atomic E-state index is -0.711. The van der Waals surface area contributed by atoms with Gasteiger partial charge in [0.15, 0.2) is 0 Å². The minimum Gasteiger partial charge on any atom is -0.480 e. The van der Waals surface area contributed by atoms with Gasteiger partial charge < -0.3 is 5.11 Å². The molecule has 0 bridgehead atoms. The van der Waals surface area contributed by atoms with Crippen molar-refractivity contribution < 1.29 is 9.90 Å². The van der Waals surface area contributed by atoms with E-state index in [-0.39, 0.29) is 6.04 Å². The van der Waals surface area contributed by atoms with Crippen LogP contribution >= 0.6 is 11.8 Å². The molecule has 0 saturated carbocycles. The number of aliphatic carboxylic acids is 1. The summed E-state index contributed by atoms with van der Waals surface area (Å²) in [7, 11) is 0. The van der Waals surface area contributed by atoms with Gasteiger partial charge in [-0.1, -0.05) is 0 Å². The van der Waals surface area contributed by atoms with E-state index in [1.165, 1.54) is 0 Å². The maximum Gasteiger partial charge on any atom is 0.320 e. The molecule has 11 heavy (non-hydrogen) atoms. The average Bonchev–Trinajstić information content (AvgIpc) is 2.05. The van der Waals surface area contributed by atoms with Crippen LogP contribution in [0.2, 0.25) is 0 Å². The van der Waals surface area contributed by atoms with Gasteiger partial charge in [0.2, 0.25) is 0 Å². The first-order chi connectivity index (χ1) is 5.22. The Morgan fingerprint density at radius 2 is 2.09 bits per heavy atom. The van der Waals surface area contributed by atoms with Crippen LogP contribution in [-0.4, -0.2) is 46.6 Å². The zero-order chi connectivity index (χ0) is 8.27. The fourth-order valence-electron chi connectivity index (χ4n) is 1.12. The van der Waals surface area contributed by atoms with Gasteiger partial charge in [0.05, 0.1) is 0 Å². The zero-order valence-electron chi connectivity index (χ0n) is 6.62. The van der Waals surface area contributed by atoms with E-state index < -0.39 is 5.97 Å². The highest BCUT2D eigenvalue weighted by Crippen LogP contribution is 2.11. The number of hydrogen-bond donors (Lipinski definition) is 1. The molecule has 0 aromatic heterocycles. The Balaban J connectivity index is 2.38. The first kappa shape index (κ1) is 8.87. The first-order valence-electron chi connectivity index (χ1n) is 3.76. The van der Waals surface area contributed by atoms with Crippen molar-refractivity contribution in [3.8, 4) is 0 Å². The van der Waals surface area contributed by atoms with Gasteiger partial charge in [0.25, 0.3) is 0 Å². The van der Waals surface area contributed by atoms with Gasteiger partial charge in [-0.3, -0.25) is 9.69 Å². The van der Waals surface area contributed by atoms with E-state index in [9.17, 15) is 4.79 Å². The van der Waals surface area contributed by atoms with Crippen LogP contribution in [0.15, 0.2) is 0 Å². The van der Waals surface area contributed by atoms with Gasteiger partial charge >= 0.3 is 5.97 Å². The summed E-state index contributed by atoms with van der Waals surface area (Å²) in [5.41, 5.74) is 0. The van der Waals surface area contributed by atoms with Crippen LogP contribution in [0.3, 0.4) is 0 Å². The van der Waals surface area contributed by atoms with Crippen LogP contribution in [0, 0.1) is 0 Å². The molecule has 64 valence electrons. The molecule has 1 atom stereocenters. The molecule has 1 N–H and O–H groups in total. The number of carbonyl (C=O) groups is 1. The predicted molar refractivity (Wildman–Crippen MR) is 46.0 cm³/mol. The Morgan fingerprint density at radius 1 is 1.55 bits per heavy atom. The van der Waals surface area contributed by atoms with Crippen molar-refractivity contribution in [2.24, 2.45) is 0 Å². The van der Waals surface area contributed by atoms with Crippen LogP contribution in [0.1, 0.15) is 6.92 Å². The predicted octanol–water partition coefficient (Wildman–Crippen LogP) is 0.508. The molecule has 0 aromatic rings. The molecule has 1 fully saturated rings. The minimum absolute atomic E-state index is 0.309. The largest absolute Gasteiger partial charge is 0.480 e. The highest BCUT2D eigenvalue weighted by Gasteiger charge is 2.21. The molecule has 1 aliphatic rings. The van der Waals surface area contributed by atoms with Gasteiger partial charge in [-0.15, -0.1) is 0 Å². The van der Waals surface area contributed by atoms with Gasteiger partial charge in [0.1, 0.15) is 6.04 Å². The molecule has 0 amide bonds. The van der Waals surface area contributed by atoms with Crippen LogP contribution < -0.4 is 0 Å². The number of rotatable bonds is 2. The Kier molecular flexibility index (Phi) is 3.20. The Morgan fingerprint density at radius 3 is 2.55 bits per heavy atom. The third kappa shape index (κ3) is 2.38. The van der Waals surface area contributed by atoms with E-state index in [1.54, 1.807) is 6.92 Å². The number of hydrogen-bond acceptors (Lipinski definition) is 3. The highest BCUT2D eigenvalue weighted by atomic mass is 32.2. The van der Waals surface area contributed by atoms with Crippen molar-refractivity contribution >= 4 is 17.7 Å². The monoisotopic (exact) mass is 175 g/mol. The molecule has 1 rings (SSSR count). The smallest absolute Gasteiger partial charge is 0.320 e. The number of carboxylic acids is 1. The van der Waals surface area contributed by atoms with Gasteiger partial charge in [-0.25, -0.2) is 0 Å². The summed E-state index contributed by atoms with van der Waals surface area (Å²) in [6.45, 7) is 3.58. The molecule has 0 spiro atoms. The Labute approximate surface area is 70.8 Å². The molecule has 0 unspecified atom stereocenters. The van der Waals surface area contributed by atoms with Gasteiger partial charge in [-0.05, 0) is 6.92 Å². The summed E-state index contributed by atoms with van der Waals surface area (Å²) in [6.07, 6.45) is 0. The summed E-state index contributed by atoms with van der Waals surface area (Å²) in [6, 6.07) is -0.309. The van der Waals surface area contributed by atoms with E-state index in [0.29, 0.717) is 0 Å². The Bertz CT molecular complexity index is 145. The first-order valence-corrected chi connectivity index (χ1v) is 4.92. The fraction of sp³-hybridized carbons (Fsp3) is 0.857. The van der Waals surface area contributed by atoms with Crippen molar-refractivity contribution in [3.05, 3.63) is 0 Å². The van der Waals surface area contributed by atoms with Crippen molar-refractivity contribution in [3.63, 3.8) is 0 Å². The lowest BCUT2D eigenvalue weighted by Crippen LogP contribution is -2.43. The number of thioether (sulfide) groups is 1. The second-order valence-electron chi connectivity index (χ2n) is 2.66. The number of carboxylic acid groups (broad SMARTS) is 1. The molecule has 1 aliphatic heterocycles. The lowest BCUT2D eigenvalue weighted by Gasteiger charge is -2.29. The van der Waals surface area contributed by atoms with Crippen LogP contribution in [0.5, 0.6) is 0 Å². The third-order valence-corrected chi connectivity index (χ3v) is 2.89. The van der Waals surface area contributed by atoms with E-state index >= 15 is 0 Å². The van der Waals surface area contributed by atoms with Crippen molar-refractivity contribution in [2.75, 3.05) is 24.6 Å². The van der Waals surface area contributed by atoms with E-state index in [1.807, 2.05) is 16.7 Å². The van der Waals surface area contributed by atoms with Crippen molar-refractivity contribution in [1.29, 1.82) is 0 Å². The zero-order valence-corrected chi connectivity index (χ0v) is 7.43. The van der Waals surface area contributed by atoms with Crippen LogP contribution in [-0.2, 0) is 4.79 Å². The number of nitrogens with zero attached hydrogens (tertiary/aromatic N) is 1. The molecule has 4 heteroatoms. The molecule has 1 saturated heterocycles. The third-order valence-electron chi connectivity index (χ3n) is 1.95. The molecular weight excluding hydrogens is 162 g/mol. The normalized spacial score (nSPS) is 23.0. The van der Waals surface area contributed by atoms with E-state index in [0.717, 1.165) is 24.6 Å². The molecule has 1 heterocycles. The molecule has 3 nitrogen and oxygen atoms in total. The summed E-state index contributed by atoms with van der Waals surface area (Å²) >= 11 is 1.89. The standard InChI is InChI=1S/C7H13NO2S/c1-6(7(9)10)8-2-4-11-5-3-8/h6H,2-5H2,1H3,(H,9,10)/t6-/m1/s1. The highest BCUT2D eigenvalue weighted by molar-refractivity contribution is 7.99. The Hall–Kier alpha value is -0.220. The van der Waals surface area contributed by atoms with Gasteiger partial charge in [-0.2, -0.15) is 11.8 Å². The second-order valence-corrected chi connectivity index (χ2v) is 3.89. The summed E-state index contributed by atoms with van der Waals surface area (Å²) in [5, 5.41) is 8.69. The van der Waals surface area contributed by atoms with Gasteiger partial charge in [0, 0.05) is 24.6 Å². The maximum atomic E-state index is 10.6. The van der Waals surface area contributed by atoms with Crippen molar-refractivity contribution in [2.45, 2.75) is 13.0 Å². The lowest BCUT2D eigenvalue weighted by molar-refractivity contribution is -0.142. The van der Waals surface area contributed by atoms with Crippen molar-refractivity contribution in [1.82, 2.24) is 4.90 Å². The fourth-order valence-corrected chi connectivity index (χ4v) is 2.05. The summed E-state index contributed by atoms with van der Waals surface area (Å²) < 4.78 is 0. The summed E-state index contributed by atoms with van der Waals surface area (Å²) in [5.74, 6) is 1.42. The molecular formula is C7H13NO2S. The average molecular weight is 175 g/mol. The topological polar surface area (TPSA) is 40.5 Å². The van der Waals surface area contributed by atoms with E-state index in [2.05, 4.69) is 0 Å². The SMILES string of the molecule is C[C@H](C(=O)O)N1CCSCC1. The summed E-state index contributed by atoms with van der Waals surface area (Å²) in [4.78, 5) is 12.6. The maximum absolute atomic E-state index is 10.6. The molecule has 0 aliphatic carbocycles. The second kappa shape index (κ2) is 3.97. The lowest BCUT2D eigenvalue weighted by atomic mass is 10.3. The molecule has 0 aromatic carbocycles. The van der Waals surface area contributed by atoms with Crippen LogP contribution in [0.25, 0.3) is 0 Å². The quantitative estimate of drug-likeness (QED) is 0.664. The molecule has 0 radical (unpaired) electrons. The van der Waals surface area contributed by atoms with Crippen LogP contribution in [0.4, 0.5) is 0 Å².